The highest BCUT2D eigenvalue weighted by atomic mass is 16.5. The van der Waals surface area contributed by atoms with Gasteiger partial charge in [0.2, 0.25) is 0 Å². The van der Waals surface area contributed by atoms with Crippen molar-refractivity contribution in [2.75, 3.05) is 33.9 Å². The number of hydrogen-bond donors (Lipinski definition) is 0. The molecule has 6 nitrogen and oxygen atoms in total. The summed E-state index contributed by atoms with van der Waals surface area (Å²) in [5.41, 5.74) is 1.43. The molecule has 1 amide bonds. The van der Waals surface area contributed by atoms with E-state index in [2.05, 4.69) is 4.90 Å². The zero-order valence-corrected chi connectivity index (χ0v) is 18.0. The second kappa shape index (κ2) is 7.76. The number of amides is 1. The molecule has 30 heavy (non-hydrogen) atoms. The van der Waals surface area contributed by atoms with Crippen molar-refractivity contribution in [3.05, 3.63) is 59.2 Å². The number of ether oxygens (including phenoxy) is 2. The molecule has 0 radical (unpaired) electrons. The fourth-order valence-corrected chi connectivity index (χ4v) is 4.93. The van der Waals surface area contributed by atoms with Gasteiger partial charge in [0, 0.05) is 43.4 Å². The summed E-state index contributed by atoms with van der Waals surface area (Å²) >= 11 is 0. The van der Waals surface area contributed by atoms with Crippen molar-refractivity contribution in [1.82, 2.24) is 9.80 Å². The summed E-state index contributed by atoms with van der Waals surface area (Å²) in [4.78, 5) is 31.0. The Balaban J connectivity index is 1.68. The number of benzene rings is 2. The van der Waals surface area contributed by atoms with Crippen LogP contribution >= 0.6 is 0 Å². The van der Waals surface area contributed by atoms with Gasteiger partial charge < -0.3 is 14.4 Å². The number of nitrogens with zero attached hydrogens (tertiary/aromatic N) is 2. The minimum atomic E-state index is -0.655. The summed E-state index contributed by atoms with van der Waals surface area (Å²) in [6.45, 7) is 6.42. The molecular weight excluding hydrogens is 380 g/mol. The number of ketones is 1. The number of likely N-dealkylation sites (tertiary alicyclic amines) is 1. The molecule has 0 aromatic heterocycles. The van der Waals surface area contributed by atoms with E-state index in [9.17, 15) is 9.59 Å². The van der Waals surface area contributed by atoms with Crippen molar-refractivity contribution in [2.24, 2.45) is 5.41 Å². The third-order valence-electron chi connectivity index (χ3n) is 6.51. The second-order valence-corrected chi connectivity index (χ2v) is 8.25. The number of hydrogen-bond acceptors (Lipinski definition) is 5. The van der Waals surface area contributed by atoms with Crippen molar-refractivity contribution >= 4 is 11.7 Å². The van der Waals surface area contributed by atoms with Crippen LogP contribution in [-0.4, -0.2) is 61.4 Å². The van der Waals surface area contributed by atoms with Crippen LogP contribution in [0.5, 0.6) is 11.5 Å². The molecule has 1 saturated heterocycles. The van der Waals surface area contributed by atoms with E-state index in [1.165, 1.54) is 0 Å². The van der Waals surface area contributed by atoms with Gasteiger partial charge in [-0.05, 0) is 26.0 Å². The molecule has 0 saturated carbocycles. The van der Waals surface area contributed by atoms with Crippen LogP contribution in [0.1, 0.15) is 40.1 Å². The lowest BCUT2D eigenvalue weighted by Gasteiger charge is -2.34. The Morgan fingerprint density at radius 1 is 1.07 bits per heavy atom. The molecule has 2 atom stereocenters. The van der Waals surface area contributed by atoms with Gasteiger partial charge in [0.1, 0.15) is 11.5 Å². The summed E-state index contributed by atoms with van der Waals surface area (Å²) in [6.07, 6.45) is 0. The summed E-state index contributed by atoms with van der Waals surface area (Å²) < 4.78 is 10.8. The number of Topliss-reactive ketones (excluding diaryl/α,β-unsaturated/α-hetero) is 1. The van der Waals surface area contributed by atoms with Crippen LogP contribution < -0.4 is 9.47 Å². The smallest absolute Gasteiger partial charge is 0.254 e. The monoisotopic (exact) mass is 408 g/mol. The van der Waals surface area contributed by atoms with Crippen LogP contribution in [0.25, 0.3) is 0 Å². The highest BCUT2D eigenvalue weighted by Gasteiger charge is 2.54. The van der Waals surface area contributed by atoms with Gasteiger partial charge in [-0.25, -0.2) is 0 Å². The van der Waals surface area contributed by atoms with E-state index in [1.807, 2.05) is 49.1 Å². The molecule has 0 spiro atoms. The Morgan fingerprint density at radius 3 is 2.47 bits per heavy atom. The molecule has 158 valence electrons. The van der Waals surface area contributed by atoms with Crippen LogP contribution in [0, 0.1) is 5.41 Å². The van der Waals surface area contributed by atoms with Gasteiger partial charge in [0.15, 0.2) is 5.78 Å². The molecule has 2 aliphatic rings. The van der Waals surface area contributed by atoms with E-state index < -0.39 is 5.41 Å². The lowest BCUT2D eigenvalue weighted by Crippen LogP contribution is -2.49. The second-order valence-electron chi connectivity index (χ2n) is 8.25. The summed E-state index contributed by atoms with van der Waals surface area (Å²) in [6, 6.07) is 12.8. The fraction of sp³-hybridized carbons (Fsp3) is 0.417. The first kappa shape index (κ1) is 20.4. The van der Waals surface area contributed by atoms with Crippen LogP contribution in [0.2, 0.25) is 0 Å². The highest BCUT2D eigenvalue weighted by molar-refractivity contribution is 6.12. The van der Waals surface area contributed by atoms with Crippen molar-refractivity contribution in [3.63, 3.8) is 0 Å². The molecule has 2 aliphatic heterocycles. The number of carbonyl (C=O) groups excluding carboxylic acids is 2. The zero-order chi connectivity index (χ0) is 21.5. The molecule has 6 heteroatoms. The van der Waals surface area contributed by atoms with Gasteiger partial charge in [-0.15, -0.1) is 0 Å². The molecule has 0 bridgehead atoms. The van der Waals surface area contributed by atoms with Gasteiger partial charge in [0.25, 0.3) is 5.91 Å². The molecular formula is C24H28N2O4. The summed E-state index contributed by atoms with van der Waals surface area (Å²) in [5.74, 6) is 1.49. The number of fused-ring (bicyclic) bond motifs is 2. The lowest BCUT2D eigenvalue weighted by atomic mass is 9.78. The third kappa shape index (κ3) is 3.16. The quantitative estimate of drug-likeness (QED) is 0.760. The molecule has 1 fully saturated rings. The maximum Gasteiger partial charge on any atom is 0.254 e. The van der Waals surface area contributed by atoms with Crippen LogP contribution in [0.4, 0.5) is 0 Å². The minimum absolute atomic E-state index is 0.0524. The first-order chi connectivity index (χ1) is 14.4. The molecule has 0 aliphatic carbocycles. The van der Waals surface area contributed by atoms with Gasteiger partial charge in [0.05, 0.1) is 31.2 Å². The van der Waals surface area contributed by atoms with Crippen molar-refractivity contribution in [2.45, 2.75) is 26.4 Å². The van der Waals surface area contributed by atoms with Crippen LogP contribution in [0.3, 0.4) is 0 Å². The Morgan fingerprint density at radius 2 is 1.80 bits per heavy atom. The Hall–Kier alpha value is -2.86. The number of carbonyl (C=O) groups is 2. The van der Waals surface area contributed by atoms with E-state index >= 15 is 0 Å². The Kier molecular flexibility index (Phi) is 5.28. The Labute approximate surface area is 177 Å². The van der Waals surface area contributed by atoms with Crippen LogP contribution in [-0.2, 0) is 6.54 Å². The lowest BCUT2D eigenvalue weighted by molar-refractivity contribution is 0.0560. The van der Waals surface area contributed by atoms with Gasteiger partial charge >= 0.3 is 0 Å². The average molecular weight is 408 g/mol. The molecule has 2 aromatic rings. The SMILES string of the molecule is CCN1C(=O)c2ccccc2C(=O)[C@@]2(C)CN(Cc3ccc(OC)cc3OC)C[C@@H]12. The van der Waals surface area contributed by atoms with Gasteiger partial charge in [-0.2, -0.15) is 0 Å². The van der Waals surface area contributed by atoms with Crippen LogP contribution in [0.15, 0.2) is 42.5 Å². The van der Waals surface area contributed by atoms with Crippen molar-refractivity contribution in [3.8, 4) is 11.5 Å². The summed E-state index contributed by atoms with van der Waals surface area (Å²) in [7, 11) is 3.27. The standard InChI is InChI=1S/C24H28N2O4/c1-5-26-21-14-25(13-16-10-11-17(29-3)12-20(16)30-4)15-24(21,2)22(27)18-8-6-7-9-19(18)23(26)28/h6-12,21H,5,13-15H2,1-4H3/t21-,24+/m1/s1. The average Bonchev–Trinajstić information content (AvgIpc) is 3.08. The van der Waals surface area contributed by atoms with E-state index in [-0.39, 0.29) is 17.7 Å². The van der Waals surface area contributed by atoms with Crippen molar-refractivity contribution < 1.29 is 19.1 Å². The normalized spacial score (nSPS) is 23.7. The number of rotatable bonds is 5. The molecule has 0 N–H and O–H groups in total. The molecule has 0 unspecified atom stereocenters. The fourth-order valence-electron chi connectivity index (χ4n) is 4.93. The first-order valence-electron chi connectivity index (χ1n) is 10.3. The first-order valence-corrected chi connectivity index (χ1v) is 10.3. The predicted octanol–water partition coefficient (Wildman–Crippen LogP) is 3.25. The van der Waals surface area contributed by atoms with Gasteiger partial charge in [-0.3, -0.25) is 14.5 Å². The maximum absolute atomic E-state index is 13.6. The number of methoxy groups -OCH3 is 2. The Bertz CT molecular complexity index is 989. The topological polar surface area (TPSA) is 59.1 Å². The highest BCUT2D eigenvalue weighted by Crippen LogP contribution is 2.42. The molecule has 2 aromatic carbocycles. The van der Waals surface area contributed by atoms with E-state index in [4.69, 9.17) is 9.47 Å². The predicted molar refractivity (Wildman–Crippen MR) is 114 cm³/mol. The van der Waals surface area contributed by atoms with E-state index in [1.54, 1.807) is 26.4 Å². The molecule has 2 heterocycles. The molecule has 4 rings (SSSR count). The number of likely N-dealkylation sites (N-methyl/N-ethyl adjacent to an activating group) is 1. The van der Waals surface area contributed by atoms with E-state index in [0.717, 1.165) is 17.1 Å². The largest absolute Gasteiger partial charge is 0.497 e. The summed E-state index contributed by atoms with van der Waals surface area (Å²) in [5, 5.41) is 0. The van der Waals surface area contributed by atoms with E-state index in [0.29, 0.717) is 37.3 Å². The minimum Gasteiger partial charge on any atom is -0.497 e. The maximum atomic E-state index is 13.6. The van der Waals surface area contributed by atoms with Gasteiger partial charge in [-0.1, -0.05) is 24.3 Å². The zero-order valence-electron chi connectivity index (χ0n) is 18.0. The third-order valence-corrected chi connectivity index (χ3v) is 6.51. The van der Waals surface area contributed by atoms with Crippen molar-refractivity contribution in [1.29, 1.82) is 0 Å².